The molecule has 5 heteroatoms. The molecule has 0 aromatic carbocycles. The van der Waals surface area contributed by atoms with Crippen LogP contribution in [0.3, 0.4) is 0 Å². The molecule has 2 unspecified atom stereocenters. The summed E-state index contributed by atoms with van der Waals surface area (Å²) < 4.78 is 5.43. The molecule has 1 saturated carbocycles. The van der Waals surface area contributed by atoms with Gasteiger partial charge in [-0.25, -0.2) is 0 Å². The Morgan fingerprint density at radius 3 is 3.11 bits per heavy atom. The molecule has 1 aliphatic carbocycles. The highest BCUT2D eigenvalue weighted by atomic mass is 16.5. The maximum atomic E-state index is 5.43. The molecule has 1 saturated heterocycles. The summed E-state index contributed by atoms with van der Waals surface area (Å²) in [6.45, 7) is 7.47. The SMILES string of the molecule is CC1CCC(c2noc(CN3CCCNCC3)n2)C1. The minimum absolute atomic E-state index is 0.526. The molecule has 3 rings (SSSR count). The predicted molar refractivity (Wildman–Crippen MR) is 72.8 cm³/mol. The lowest BCUT2D eigenvalue weighted by Gasteiger charge is -2.16. The van der Waals surface area contributed by atoms with Crippen LogP contribution in [0.1, 0.15) is 50.2 Å². The number of nitrogens with one attached hydrogen (secondary N) is 1. The van der Waals surface area contributed by atoms with Crippen LogP contribution in [0.15, 0.2) is 4.52 Å². The molecule has 1 aromatic heterocycles. The van der Waals surface area contributed by atoms with Crippen molar-refractivity contribution in [2.24, 2.45) is 5.92 Å². The topological polar surface area (TPSA) is 54.2 Å². The van der Waals surface area contributed by atoms with E-state index in [1.807, 2.05) is 0 Å². The molecule has 106 valence electrons. The van der Waals surface area contributed by atoms with E-state index in [1.54, 1.807) is 0 Å². The molecule has 2 atom stereocenters. The molecule has 0 amide bonds. The second-order valence-corrected chi connectivity index (χ2v) is 6.04. The van der Waals surface area contributed by atoms with Gasteiger partial charge in [0.15, 0.2) is 5.82 Å². The van der Waals surface area contributed by atoms with Crippen molar-refractivity contribution in [2.45, 2.75) is 45.1 Å². The van der Waals surface area contributed by atoms with Crippen LogP contribution in [0.25, 0.3) is 0 Å². The Bertz CT molecular complexity index is 398. The van der Waals surface area contributed by atoms with Crippen LogP contribution in [-0.2, 0) is 6.54 Å². The van der Waals surface area contributed by atoms with Gasteiger partial charge in [0, 0.05) is 19.0 Å². The van der Waals surface area contributed by atoms with Gasteiger partial charge in [0.05, 0.1) is 6.54 Å². The van der Waals surface area contributed by atoms with Crippen LogP contribution in [0, 0.1) is 5.92 Å². The standard InChI is InChI=1S/C14H24N4O/c1-11-3-4-12(9-11)14-16-13(19-17-14)10-18-7-2-5-15-6-8-18/h11-12,15H,2-10H2,1H3. The van der Waals surface area contributed by atoms with Crippen molar-refractivity contribution in [3.8, 4) is 0 Å². The Hall–Kier alpha value is -0.940. The summed E-state index contributed by atoms with van der Waals surface area (Å²) in [4.78, 5) is 7.01. The van der Waals surface area contributed by atoms with E-state index in [0.29, 0.717) is 5.92 Å². The summed E-state index contributed by atoms with van der Waals surface area (Å²) >= 11 is 0. The Morgan fingerprint density at radius 2 is 2.26 bits per heavy atom. The van der Waals surface area contributed by atoms with E-state index in [4.69, 9.17) is 4.52 Å². The van der Waals surface area contributed by atoms with Crippen LogP contribution >= 0.6 is 0 Å². The molecule has 1 aliphatic heterocycles. The van der Waals surface area contributed by atoms with E-state index in [9.17, 15) is 0 Å². The molecule has 2 aliphatic rings. The van der Waals surface area contributed by atoms with Crippen LogP contribution in [0.2, 0.25) is 0 Å². The zero-order valence-corrected chi connectivity index (χ0v) is 11.8. The number of hydrogen-bond donors (Lipinski definition) is 1. The van der Waals surface area contributed by atoms with Gasteiger partial charge in [-0.1, -0.05) is 12.1 Å². The first-order valence-electron chi connectivity index (χ1n) is 7.57. The summed E-state index contributed by atoms with van der Waals surface area (Å²) in [5, 5.41) is 7.60. The fraction of sp³-hybridized carbons (Fsp3) is 0.857. The van der Waals surface area contributed by atoms with Gasteiger partial charge in [-0.2, -0.15) is 4.98 Å². The number of nitrogens with zero attached hydrogens (tertiary/aromatic N) is 3. The molecule has 0 spiro atoms. The second-order valence-electron chi connectivity index (χ2n) is 6.04. The minimum Gasteiger partial charge on any atom is -0.338 e. The van der Waals surface area contributed by atoms with Crippen molar-refractivity contribution in [2.75, 3.05) is 26.2 Å². The fourth-order valence-corrected chi connectivity index (χ4v) is 3.19. The highest BCUT2D eigenvalue weighted by Crippen LogP contribution is 2.36. The quantitative estimate of drug-likeness (QED) is 0.901. The predicted octanol–water partition coefficient (Wildman–Crippen LogP) is 1.77. The van der Waals surface area contributed by atoms with Gasteiger partial charge in [0.25, 0.3) is 0 Å². The zero-order chi connectivity index (χ0) is 13.1. The average Bonchev–Trinajstić information content (AvgIpc) is 2.94. The van der Waals surface area contributed by atoms with E-state index in [-0.39, 0.29) is 0 Å². The average molecular weight is 264 g/mol. The summed E-state index contributed by atoms with van der Waals surface area (Å²) in [7, 11) is 0. The first-order chi connectivity index (χ1) is 9.31. The van der Waals surface area contributed by atoms with Gasteiger partial charge in [-0.05, 0) is 44.7 Å². The third kappa shape index (κ3) is 3.34. The first-order valence-corrected chi connectivity index (χ1v) is 7.57. The van der Waals surface area contributed by atoms with E-state index >= 15 is 0 Å². The highest BCUT2D eigenvalue weighted by Gasteiger charge is 2.27. The van der Waals surface area contributed by atoms with Crippen molar-refractivity contribution in [3.05, 3.63) is 11.7 Å². The number of aromatic nitrogens is 2. The minimum atomic E-state index is 0.526. The molecule has 0 radical (unpaired) electrons. The summed E-state index contributed by atoms with van der Waals surface area (Å²) in [6.07, 6.45) is 4.92. The second kappa shape index (κ2) is 6.01. The fourth-order valence-electron chi connectivity index (χ4n) is 3.19. The van der Waals surface area contributed by atoms with Crippen molar-refractivity contribution >= 4 is 0 Å². The molecule has 1 aromatic rings. The summed E-state index contributed by atoms with van der Waals surface area (Å²) in [5.41, 5.74) is 0. The lowest BCUT2D eigenvalue weighted by molar-refractivity contribution is 0.238. The molecule has 0 bridgehead atoms. The van der Waals surface area contributed by atoms with Crippen molar-refractivity contribution in [3.63, 3.8) is 0 Å². The van der Waals surface area contributed by atoms with Crippen LogP contribution in [0.4, 0.5) is 0 Å². The van der Waals surface area contributed by atoms with Gasteiger partial charge in [-0.3, -0.25) is 4.90 Å². The molecular formula is C14H24N4O. The van der Waals surface area contributed by atoms with Gasteiger partial charge in [-0.15, -0.1) is 0 Å². The molecule has 2 fully saturated rings. The van der Waals surface area contributed by atoms with Crippen molar-refractivity contribution in [1.29, 1.82) is 0 Å². The van der Waals surface area contributed by atoms with Gasteiger partial charge in [0.1, 0.15) is 0 Å². The molecule has 19 heavy (non-hydrogen) atoms. The number of rotatable bonds is 3. The molecular weight excluding hydrogens is 240 g/mol. The van der Waals surface area contributed by atoms with E-state index in [1.165, 1.54) is 25.7 Å². The van der Waals surface area contributed by atoms with Crippen molar-refractivity contribution in [1.82, 2.24) is 20.4 Å². The Balaban J connectivity index is 1.58. The highest BCUT2D eigenvalue weighted by molar-refractivity contribution is 4.99. The monoisotopic (exact) mass is 264 g/mol. The van der Waals surface area contributed by atoms with E-state index < -0.39 is 0 Å². The van der Waals surface area contributed by atoms with Gasteiger partial charge in [0.2, 0.25) is 5.89 Å². The first kappa shape index (κ1) is 13.1. The third-order valence-electron chi connectivity index (χ3n) is 4.34. The van der Waals surface area contributed by atoms with E-state index in [2.05, 4.69) is 27.3 Å². The maximum Gasteiger partial charge on any atom is 0.240 e. The lowest BCUT2D eigenvalue weighted by Crippen LogP contribution is -2.27. The van der Waals surface area contributed by atoms with Crippen LogP contribution < -0.4 is 5.32 Å². The van der Waals surface area contributed by atoms with Crippen LogP contribution in [0.5, 0.6) is 0 Å². The summed E-state index contributed by atoms with van der Waals surface area (Å²) in [6, 6.07) is 0. The molecule has 5 nitrogen and oxygen atoms in total. The zero-order valence-electron chi connectivity index (χ0n) is 11.8. The molecule has 1 N–H and O–H groups in total. The maximum absolute atomic E-state index is 5.43. The third-order valence-corrected chi connectivity index (χ3v) is 4.34. The Morgan fingerprint density at radius 1 is 1.32 bits per heavy atom. The van der Waals surface area contributed by atoms with Gasteiger partial charge < -0.3 is 9.84 Å². The van der Waals surface area contributed by atoms with Crippen molar-refractivity contribution < 1.29 is 4.52 Å². The Labute approximate surface area is 114 Å². The largest absolute Gasteiger partial charge is 0.338 e. The summed E-state index contributed by atoms with van der Waals surface area (Å²) in [5.74, 6) is 3.06. The smallest absolute Gasteiger partial charge is 0.240 e. The van der Waals surface area contributed by atoms with Gasteiger partial charge >= 0.3 is 0 Å². The van der Waals surface area contributed by atoms with Crippen LogP contribution in [-0.4, -0.2) is 41.2 Å². The molecule has 2 heterocycles. The Kier molecular flexibility index (Phi) is 4.13. The normalized spacial score (nSPS) is 29.5. The number of hydrogen-bond acceptors (Lipinski definition) is 5. The lowest BCUT2D eigenvalue weighted by atomic mass is 10.1. The van der Waals surface area contributed by atoms with E-state index in [0.717, 1.165) is 50.4 Å².